The molecule has 2 nitrogen and oxygen atoms in total. The number of benzene rings is 1. The minimum absolute atomic E-state index is 0.452. The van der Waals surface area contributed by atoms with Crippen molar-refractivity contribution in [3.63, 3.8) is 0 Å². The first-order chi connectivity index (χ1) is 8.29. The summed E-state index contributed by atoms with van der Waals surface area (Å²) in [6.45, 7) is 0.833. The first-order valence-corrected chi connectivity index (χ1v) is 7.21. The maximum absolute atomic E-state index is 5.83. The average Bonchev–Trinajstić information content (AvgIpc) is 2.69. The predicted octanol–water partition coefficient (Wildman–Crippen LogP) is 3.44. The van der Waals surface area contributed by atoms with Crippen molar-refractivity contribution in [1.29, 1.82) is 0 Å². The van der Waals surface area contributed by atoms with Crippen molar-refractivity contribution in [2.75, 3.05) is 13.7 Å². The van der Waals surface area contributed by atoms with Crippen LogP contribution in [-0.2, 0) is 6.42 Å². The highest BCUT2D eigenvalue weighted by Crippen LogP contribution is 2.44. The van der Waals surface area contributed by atoms with Gasteiger partial charge in [-0.05, 0) is 43.5 Å². The second-order valence-electron chi connectivity index (χ2n) is 5.04. The quantitative estimate of drug-likeness (QED) is 0.922. The van der Waals surface area contributed by atoms with Crippen LogP contribution in [0.2, 0.25) is 0 Å². The number of hydrogen-bond acceptors (Lipinski definition) is 2. The van der Waals surface area contributed by atoms with Gasteiger partial charge in [0.2, 0.25) is 0 Å². The Bertz CT molecular complexity index is 428. The van der Waals surface area contributed by atoms with Gasteiger partial charge in [-0.25, -0.2) is 0 Å². The molecule has 92 valence electrons. The average molecular weight is 296 g/mol. The van der Waals surface area contributed by atoms with Crippen LogP contribution in [0.25, 0.3) is 0 Å². The lowest BCUT2D eigenvalue weighted by molar-refractivity contribution is 0.234. The number of ether oxygens (including phenoxy) is 1. The summed E-state index contributed by atoms with van der Waals surface area (Å²) in [5.74, 6) is 1.92. The molecule has 1 aliphatic carbocycles. The van der Waals surface area contributed by atoms with E-state index >= 15 is 0 Å². The van der Waals surface area contributed by atoms with Crippen molar-refractivity contribution in [3.05, 3.63) is 27.7 Å². The lowest BCUT2D eigenvalue weighted by Gasteiger charge is -2.34. The van der Waals surface area contributed by atoms with Crippen molar-refractivity contribution < 1.29 is 4.74 Å². The summed E-state index contributed by atoms with van der Waals surface area (Å²) in [5, 5.41) is 3.48. The molecule has 0 saturated heterocycles. The van der Waals surface area contributed by atoms with Crippen molar-refractivity contribution in [3.8, 4) is 5.75 Å². The molecule has 1 atom stereocenters. The number of fused-ring (bicyclic) bond motifs is 1. The van der Waals surface area contributed by atoms with Crippen LogP contribution in [0.15, 0.2) is 16.6 Å². The molecule has 3 rings (SSSR count). The zero-order valence-corrected chi connectivity index (χ0v) is 11.7. The summed E-state index contributed by atoms with van der Waals surface area (Å²) < 4.78 is 7.00. The van der Waals surface area contributed by atoms with E-state index in [9.17, 15) is 0 Å². The summed E-state index contributed by atoms with van der Waals surface area (Å²) in [4.78, 5) is 0. The van der Waals surface area contributed by atoms with E-state index in [4.69, 9.17) is 4.74 Å². The molecule has 3 heteroatoms. The van der Waals surface area contributed by atoms with E-state index in [1.165, 1.54) is 34.9 Å². The molecule has 0 radical (unpaired) electrons. The number of rotatable bonds is 3. The van der Waals surface area contributed by atoms with E-state index < -0.39 is 0 Å². The van der Waals surface area contributed by atoms with Gasteiger partial charge in [0.15, 0.2) is 0 Å². The first-order valence-electron chi connectivity index (χ1n) is 6.42. The molecule has 1 aliphatic heterocycles. The Labute approximate surface area is 111 Å². The van der Waals surface area contributed by atoms with Crippen molar-refractivity contribution >= 4 is 15.9 Å². The van der Waals surface area contributed by atoms with Crippen LogP contribution in [0, 0.1) is 5.92 Å². The smallest absolute Gasteiger partial charge is 0.127 e. The molecule has 0 spiro atoms. The fraction of sp³-hybridized carbons (Fsp3) is 0.571. The largest absolute Gasteiger partial charge is 0.493 e. The third kappa shape index (κ3) is 2.00. The number of nitrogens with one attached hydrogen (secondary N) is 1. The van der Waals surface area contributed by atoms with E-state index in [1.807, 2.05) is 0 Å². The van der Waals surface area contributed by atoms with E-state index in [-0.39, 0.29) is 0 Å². The monoisotopic (exact) mass is 295 g/mol. The van der Waals surface area contributed by atoms with E-state index in [1.54, 1.807) is 0 Å². The molecule has 2 aliphatic rings. The van der Waals surface area contributed by atoms with Gasteiger partial charge in [-0.1, -0.05) is 22.4 Å². The molecule has 1 heterocycles. The van der Waals surface area contributed by atoms with Gasteiger partial charge < -0.3 is 10.1 Å². The van der Waals surface area contributed by atoms with Crippen LogP contribution < -0.4 is 10.1 Å². The molecule has 1 fully saturated rings. The maximum Gasteiger partial charge on any atom is 0.127 e. The Kier molecular flexibility index (Phi) is 3.14. The van der Waals surface area contributed by atoms with Gasteiger partial charge >= 0.3 is 0 Å². The van der Waals surface area contributed by atoms with Crippen molar-refractivity contribution in [1.82, 2.24) is 5.32 Å². The molecular formula is C14H18BrNO. The van der Waals surface area contributed by atoms with Gasteiger partial charge in [0.1, 0.15) is 5.75 Å². The van der Waals surface area contributed by atoms with E-state index in [0.29, 0.717) is 6.04 Å². The minimum atomic E-state index is 0.452. The third-order valence-electron chi connectivity index (χ3n) is 4.04. The molecule has 1 aromatic carbocycles. The predicted molar refractivity (Wildman–Crippen MR) is 72.5 cm³/mol. The summed E-state index contributed by atoms with van der Waals surface area (Å²) in [7, 11) is 2.06. The van der Waals surface area contributed by atoms with Crippen LogP contribution in [-0.4, -0.2) is 13.7 Å². The molecule has 0 amide bonds. The first kappa shape index (κ1) is 11.5. The zero-order chi connectivity index (χ0) is 11.8. The van der Waals surface area contributed by atoms with E-state index in [2.05, 4.69) is 40.4 Å². The van der Waals surface area contributed by atoms with Crippen molar-refractivity contribution in [2.24, 2.45) is 5.92 Å². The number of halogens is 1. The summed E-state index contributed by atoms with van der Waals surface area (Å²) in [6, 6.07) is 4.87. The van der Waals surface area contributed by atoms with Gasteiger partial charge in [0, 0.05) is 22.5 Å². The molecule has 1 unspecified atom stereocenters. The molecule has 1 N–H and O–H groups in total. The van der Waals surface area contributed by atoms with Crippen LogP contribution in [0.4, 0.5) is 0 Å². The Morgan fingerprint density at radius 2 is 2.24 bits per heavy atom. The molecule has 1 saturated carbocycles. The highest BCUT2D eigenvalue weighted by atomic mass is 79.9. The van der Waals surface area contributed by atoms with Gasteiger partial charge in [0.05, 0.1) is 6.61 Å². The summed E-state index contributed by atoms with van der Waals surface area (Å²) in [5.41, 5.74) is 2.70. The zero-order valence-electron chi connectivity index (χ0n) is 10.1. The van der Waals surface area contributed by atoms with Crippen LogP contribution in [0.5, 0.6) is 5.75 Å². The van der Waals surface area contributed by atoms with Crippen LogP contribution in [0.1, 0.15) is 36.4 Å². The van der Waals surface area contributed by atoms with Crippen LogP contribution in [0.3, 0.4) is 0 Å². The van der Waals surface area contributed by atoms with Crippen LogP contribution >= 0.6 is 15.9 Å². The minimum Gasteiger partial charge on any atom is -0.493 e. The topological polar surface area (TPSA) is 21.3 Å². The molecule has 1 aromatic rings. The highest BCUT2D eigenvalue weighted by Gasteiger charge is 2.31. The lowest BCUT2D eigenvalue weighted by Crippen LogP contribution is -2.30. The lowest BCUT2D eigenvalue weighted by atomic mass is 9.77. The van der Waals surface area contributed by atoms with Gasteiger partial charge in [-0.3, -0.25) is 0 Å². The summed E-state index contributed by atoms with van der Waals surface area (Å²) in [6.07, 6.45) is 5.10. The van der Waals surface area contributed by atoms with Crippen molar-refractivity contribution in [2.45, 2.75) is 31.7 Å². The fourth-order valence-electron chi connectivity index (χ4n) is 2.95. The normalized spacial score (nSPS) is 20.6. The second kappa shape index (κ2) is 4.62. The van der Waals surface area contributed by atoms with Gasteiger partial charge in [-0.15, -0.1) is 0 Å². The molecule has 17 heavy (non-hydrogen) atoms. The SMILES string of the molecule is CNC(c1cc(Br)cc2c1OCC2)C1CCC1. The maximum atomic E-state index is 5.83. The summed E-state index contributed by atoms with van der Waals surface area (Å²) >= 11 is 3.62. The second-order valence-corrected chi connectivity index (χ2v) is 5.95. The Balaban J connectivity index is 2.00. The Morgan fingerprint density at radius 1 is 1.41 bits per heavy atom. The Hall–Kier alpha value is -0.540. The molecular weight excluding hydrogens is 278 g/mol. The highest BCUT2D eigenvalue weighted by molar-refractivity contribution is 9.10. The molecule has 0 bridgehead atoms. The molecule has 0 aromatic heterocycles. The van der Waals surface area contributed by atoms with Gasteiger partial charge in [0.25, 0.3) is 0 Å². The Morgan fingerprint density at radius 3 is 2.88 bits per heavy atom. The third-order valence-corrected chi connectivity index (χ3v) is 4.50. The van der Waals surface area contributed by atoms with Gasteiger partial charge in [-0.2, -0.15) is 0 Å². The number of hydrogen-bond donors (Lipinski definition) is 1. The fourth-order valence-corrected chi connectivity index (χ4v) is 3.47. The standard InChI is InChI=1S/C14H18BrNO/c1-16-13(9-3-2-4-9)12-8-11(15)7-10-5-6-17-14(10)12/h7-9,13,16H,2-6H2,1H3. The van der Waals surface area contributed by atoms with E-state index in [0.717, 1.165) is 24.7 Å².